The maximum atomic E-state index is 9.87. The lowest BCUT2D eigenvalue weighted by Crippen LogP contribution is -2.49. The van der Waals surface area contributed by atoms with Crippen molar-refractivity contribution in [3.8, 4) is 11.3 Å². The second-order valence-electron chi connectivity index (χ2n) is 9.46. The zero-order chi connectivity index (χ0) is 23.0. The van der Waals surface area contributed by atoms with Gasteiger partial charge in [-0.15, -0.1) is 0 Å². The minimum Gasteiger partial charge on any atom is -0.393 e. The summed E-state index contributed by atoms with van der Waals surface area (Å²) in [6.45, 7) is 9.36. The fraction of sp³-hybridized carbons (Fsp3) is 0.640. The van der Waals surface area contributed by atoms with Crippen molar-refractivity contribution < 1.29 is 5.11 Å². The van der Waals surface area contributed by atoms with Crippen LogP contribution in [0.15, 0.2) is 24.5 Å². The first kappa shape index (κ1) is 23.9. The molecule has 1 aliphatic carbocycles. The number of hydrogen-bond donors (Lipinski definition) is 4. The molecule has 4 rings (SSSR count). The monoisotopic (exact) mass is 453 g/mol. The van der Waals surface area contributed by atoms with Gasteiger partial charge in [-0.25, -0.2) is 4.98 Å². The van der Waals surface area contributed by atoms with E-state index in [1.165, 1.54) is 5.56 Å². The summed E-state index contributed by atoms with van der Waals surface area (Å²) >= 11 is 0. The van der Waals surface area contributed by atoms with Gasteiger partial charge in [0.2, 0.25) is 5.95 Å². The third kappa shape index (κ3) is 6.62. The van der Waals surface area contributed by atoms with Gasteiger partial charge >= 0.3 is 0 Å². The Balaban J connectivity index is 1.50. The van der Waals surface area contributed by atoms with Crippen LogP contribution in [-0.2, 0) is 6.54 Å². The van der Waals surface area contributed by atoms with Gasteiger partial charge in [0.15, 0.2) is 0 Å². The van der Waals surface area contributed by atoms with E-state index in [4.69, 9.17) is 9.97 Å². The van der Waals surface area contributed by atoms with Crippen LogP contribution in [-0.4, -0.2) is 69.3 Å². The standard InChI is InChI=1S/C25H39N7O/c1-3-4-11-27-25-29-16-22(24(31-25)30-20-6-8-21(33)9-7-20)23-10-5-19(15-28-23)17-32-13-12-26-14-18(32)2/h5,10,15-16,18,20-21,26,33H,3-4,6-9,11-14,17H2,1-2H3,(H2,27,29,30,31). The molecular weight excluding hydrogens is 414 g/mol. The number of pyridine rings is 1. The molecule has 2 aromatic rings. The number of aliphatic hydroxyl groups is 1. The Morgan fingerprint density at radius 3 is 2.73 bits per heavy atom. The fourth-order valence-corrected chi connectivity index (χ4v) is 4.58. The predicted octanol–water partition coefficient (Wildman–Crippen LogP) is 3.26. The van der Waals surface area contributed by atoms with Crippen molar-refractivity contribution in [3.63, 3.8) is 0 Å². The molecule has 0 spiro atoms. The summed E-state index contributed by atoms with van der Waals surface area (Å²) in [6, 6.07) is 5.09. The molecule has 0 aromatic carbocycles. The molecule has 2 aromatic heterocycles. The Bertz CT molecular complexity index is 868. The van der Waals surface area contributed by atoms with E-state index in [9.17, 15) is 5.11 Å². The van der Waals surface area contributed by atoms with E-state index in [1.807, 2.05) is 12.4 Å². The number of hydrogen-bond acceptors (Lipinski definition) is 8. The molecule has 1 saturated heterocycles. The van der Waals surface area contributed by atoms with Gasteiger partial charge in [0.05, 0.1) is 17.4 Å². The Kier molecular flexibility index (Phi) is 8.47. The van der Waals surface area contributed by atoms with E-state index in [0.717, 1.165) is 88.3 Å². The zero-order valence-electron chi connectivity index (χ0n) is 20.1. The average molecular weight is 454 g/mol. The molecule has 0 amide bonds. The van der Waals surface area contributed by atoms with E-state index in [-0.39, 0.29) is 6.10 Å². The number of rotatable bonds is 9. The van der Waals surface area contributed by atoms with E-state index in [0.29, 0.717) is 18.0 Å². The number of aromatic nitrogens is 3. The van der Waals surface area contributed by atoms with Gasteiger partial charge in [-0.2, -0.15) is 4.98 Å². The Morgan fingerprint density at radius 2 is 2.00 bits per heavy atom. The number of nitrogens with one attached hydrogen (secondary N) is 3. The second kappa shape index (κ2) is 11.7. The molecule has 180 valence electrons. The number of aliphatic hydroxyl groups excluding tert-OH is 1. The Morgan fingerprint density at radius 1 is 1.15 bits per heavy atom. The molecule has 2 fully saturated rings. The fourth-order valence-electron chi connectivity index (χ4n) is 4.58. The summed E-state index contributed by atoms with van der Waals surface area (Å²) in [5.41, 5.74) is 3.02. The lowest BCUT2D eigenvalue weighted by molar-refractivity contribution is 0.126. The molecule has 8 nitrogen and oxygen atoms in total. The van der Waals surface area contributed by atoms with Gasteiger partial charge in [-0.1, -0.05) is 19.4 Å². The second-order valence-corrected chi connectivity index (χ2v) is 9.46. The molecule has 33 heavy (non-hydrogen) atoms. The highest BCUT2D eigenvalue weighted by molar-refractivity contribution is 5.73. The van der Waals surface area contributed by atoms with Crippen LogP contribution in [0.5, 0.6) is 0 Å². The largest absolute Gasteiger partial charge is 0.393 e. The van der Waals surface area contributed by atoms with E-state index in [1.54, 1.807) is 0 Å². The molecule has 0 radical (unpaired) electrons. The first-order valence-electron chi connectivity index (χ1n) is 12.6. The van der Waals surface area contributed by atoms with Crippen molar-refractivity contribution in [1.29, 1.82) is 0 Å². The van der Waals surface area contributed by atoms with E-state index >= 15 is 0 Å². The van der Waals surface area contributed by atoms with Gasteiger partial charge < -0.3 is 21.1 Å². The number of anilines is 2. The van der Waals surface area contributed by atoms with Crippen LogP contribution in [0.1, 0.15) is 57.9 Å². The summed E-state index contributed by atoms with van der Waals surface area (Å²) in [5, 5.41) is 20.3. The smallest absolute Gasteiger partial charge is 0.224 e. The van der Waals surface area contributed by atoms with E-state index < -0.39 is 0 Å². The first-order valence-corrected chi connectivity index (χ1v) is 12.6. The minimum absolute atomic E-state index is 0.174. The number of piperazine rings is 1. The SMILES string of the molecule is CCCCNc1ncc(-c2ccc(CN3CCNCC3C)cn2)c(NC2CCC(O)CC2)n1. The molecule has 1 unspecified atom stereocenters. The highest BCUT2D eigenvalue weighted by atomic mass is 16.3. The molecule has 1 aliphatic heterocycles. The lowest BCUT2D eigenvalue weighted by Gasteiger charge is -2.33. The summed E-state index contributed by atoms with van der Waals surface area (Å²) in [6.07, 6.45) is 9.45. The van der Waals surface area contributed by atoms with Gasteiger partial charge in [0.25, 0.3) is 0 Å². The van der Waals surface area contributed by atoms with Crippen molar-refractivity contribution in [2.24, 2.45) is 0 Å². The molecule has 1 saturated carbocycles. The van der Waals surface area contributed by atoms with Gasteiger partial charge in [0.1, 0.15) is 5.82 Å². The van der Waals surface area contributed by atoms with Crippen LogP contribution in [0.4, 0.5) is 11.8 Å². The average Bonchev–Trinajstić information content (AvgIpc) is 2.83. The third-order valence-corrected chi connectivity index (χ3v) is 6.76. The highest BCUT2D eigenvalue weighted by Crippen LogP contribution is 2.29. The predicted molar refractivity (Wildman–Crippen MR) is 133 cm³/mol. The summed E-state index contributed by atoms with van der Waals surface area (Å²) in [4.78, 5) is 16.7. The molecule has 2 aliphatic rings. The van der Waals surface area contributed by atoms with E-state index in [2.05, 4.69) is 51.8 Å². The van der Waals surface area contributed by atoms with Crippen molar-refractivity contribution in [2.75, 3.05) is 36.8 Å². The molecule has 8 heteroatoms. The highest BCUT2D eigenvalue weighted by Gasteiger charge is 2.22. The Hall–Kier alpha value is -2.29. The topological polar surface area (TPSA) is 98.2 Å². The third-order valence-electron chi connectivity index (χ3n) is 6.76. The lowest BCUT2D eigenvalue weighted by atomic mass is 9.93. The minimum atomic E-state index is -0.174. The first-order chi connectivity index (χ1) is 16.1. The van der Waals surface area contributed by atoms with Crippen LogP contribution < -0.4 is 16.0 Å². The summed E-state index contributed by atoms with van der Waals surface area (Å²) in [7, 11) is 0. The number of nitrogens with zero attached hydrogens (tertiary/aromatic N) is 4. The summed E-state index contributed by atoms with van der Waals surface area (Å²) < 4.78 is 0. The quantitative estimate of drug-likeness (QED) is 0.430. The summed E-state index contributed by atoms with van der Waals surface area (Å²) in [5.74, 6) is 1.47. The normalized spacial score (nSPS) is 23.9. The Labute approximate surface area is 197 Å². The van der Waals surface area contributed by atoms with Crippen LogP contribution in [0.25, 0.3) is 11.3 Å². The molecule has 0 bridgehead atoms. The van der Waals surface area contributed by atoms with Crippen LogP contribution in [0.3, 0.4) is 0 Å². The van der Waals surface area contributed by atoms with Gasteiger partial charge in [-0.05, 0) is 50.7 Å². The van der Waals surface area contributed by atoms with Crippen LogP contribution in [0, 0.1) is 0 Å². The molecule has 1 atom stereocenters. The van der Waals surface area contributed by atoms with Crippen molar-refractivity contribution in [1.82, 2.24) is 25.2 Å². The van der Waals surface area contributed by atoms with Crippen LogP contribution in [0.2, 0.25) is 0 Å². The molecule has 4 N–H and O–H groups in total. The van der Waals surface area contributed by atoms with Gasteiger partial charge in [-0.3, -0.25) is 9.88 Å². The molecule has 3 heterocycles. The maximum absolute atomic E-state index is 9.87. The zero-order valence-corrected chi connectivity index (χ0v) is 20.1. The van der Waals surface area contributed by atoms with Crippen LogP contribution >= 0.6 is 0 Å². The van der Waals surface area contributed by atoms with Crippen molar-refractivity contribution >= 4 is 11.8 Å². The van der Waals surface area contributed by atoms with Crippen molar-refractivity contribution in [3.05, 3.63) is 30.1 Å². The molecular formula is C25H39N7O. The van der Waals surface area contributed by atoms with Crippen molar-refractivity contribution in [2.45, 2.75) is 77.1 Å². The number of unbranched alkanes of at least 4 members (excludes halogenated alkanes) is 1. The van der Waals surface area contributed by atoms with Gasteiger partial charge in [0, 0.05) is 57.2 Å². The maximum Gasteiger partial charge on any atom is 0.224 e.